The van der Waals surface area contributed by atoms with Crippen molar-refractivity contribution in [3.05, 3.63) is 35.9 Å². The lowest BCUT2D eigenvalue weighted by atomic mass is 10.00. The molecule has 2 fully saturated rings. The summed E-state index contributed by atoms with van der Waals surface area (Å²) in [7, 11) is 0. The lowest BCUT2D eigenvalue weighted by Gasteiger charge is -2.28. The first kappa shape index (κ1) is 10.2. The smallest absolute Gasteiger partial charge is 0.129 e. The van der Waals surface area contributed by atoms with Crippen LogP contribution in [-0.2, 0) is 4.74 Å². The Morgan fingerprint density at radius 3 is 2.56 bits per heavy atom. The van der Waals surface area contributed by atoms with Crippen molar-refractivity contribution in [2.24, 2.45) is 0 Å². The van der Waals surface area contributed by atoms with Crippen molar-refractivity contribution in [2.75, 3.05) is 6.61 Å². The van der Waals surface area contributed by atoms with Crippen LogP contribution >= 0.6 is 0 Å². The van der Waals surface area contributed by atoms with Gasteiger partial charge in [0.05, 0.1) is 12.7 Å². The molecule has 3 rings (SSSR count). The summed E-state index contributed by atoms with van der Waals surface area (Å²) in [6, 6.07) is 9.44. The largest absolute Gasteiger partial charge is 0.388 e. The third-order valence-electron chi connectivity index (χ3n) is 3.59. The van der Waals surface area contributed by atoms with E-state index in [1.165, 1.54) is 0 Å². The number of hydrogen-bond donors (Lipinski definition) is 3. The fourth-order valence-electron chi connectivity index (χ4n) is 2.65. The van der Waals surface area contributed by atoms with Crippen LogP contribution in [0.1, 0.15) is 11.5 Å². The number of hydrogen-bond acceptors (Lipinski definition) is 4. The minimum absolute atomic E-state index is 0.0808. The Morgan fingerprint density at radius 2 is 1.88 bits per heavy atom. The lowest BCUT2D eigenvalue weighted by molar-refractivity contribution is -0.154. The molecular formula is C12H14O4. The van der Waals surface area contributed by atoms with E-state index in [2.05, 4.69) is 0 Å². The van der Waals surface area contributed by atoms with Gasteiger partial charge < -0.3 is 20.1 Å². The van der Waals surface area contributed by atoms with Gasteiger partial charge in [0.1, 0.15) is 17.8 Å². The highest BCUT2D eigenvalue weighted by molar-refractivity contribution is 5.39. The first-order valence-corrected chi connectivity index (χ1v) is 5.40. The van der Waals surface area contributed by atoms with Crippen LogP contribution < -0.4 is 0 Å². The van der Waals surface area contributed by atoms with Crippen molar-refractivity contribution in [1.29, 1.82) is 0 Å². The standard InChI is InChI=1S/C12H14O4/c13-8-6-16-11-9(12(11,15)10(8)14)7-4-2-1-3-5-7/h1-5,8-11,13-15H,6H2/t8?,9?,10?,11?,12-/m0/s1. The van der Waals surface area contributed by atoms with Crippen molar-refractivity contribution in [2.45, 2.75) is 29.8 Å². The summed E-state index contributed by atoms with van der Waals surface area (Å²) in [6.45, 7) is 0.0808. The molecule has 0 amide bonds. The zero-order valence-corrected chi connectivity index (χ0v) is 8.65. The molecule has 16 heavy (non-hydrogen) atoms. The normalized spacial score (nSPS) is 46.2. The predicted octanol–water partition coefficient (Wildman–Crippen LogP) is -0.364. The second-order valence-electron chi connectivity index (χ2n) is 4.54. The first-order valence-electron chi connectivity index (χ1n) is 5.40. The molecule has 1 aliphatic heterocycles. The van der Waals surface area contributed by atoms with Gasteiger partial charge >= 0.3 is 0 Å². The average molecular weight is 222 g/mol. The number of benzene rings is 1. The molecule has 1 aliphatic carbocycles. The zero-order chi connectivity index (χ0) is 11.3. The zero-order valence-electron chi connectivity index (χ0n) is 8.65. The number of aliphatic hydroxyl groups excluding tert-OH is 2. The van der Waals surface area contributed by atoms with Crippen molar-refractivity contribution in [3.8, 4) is 0 Å². The third-order valence-corrected chi connectivity index (χ3v) is 3.59. The van der Waals surface area contributed by atoms with E-state index in [9.17, 15) is 15.3 Å². The SMILES string of the molecule is OC1COC2C(c3ccccc3)[C@]2(O)C1O. The summed E-state index contributed by atoms with van der Waals surface area (Å²) < 4.78 is 5.34. The van der Waals surface area contributed by atoms with Gasteiger partial charge in [0.2, 0.25) is 0 Å². The Hall–Kier alpha value is -0.940. The first-order chi connectivity index (χ1) is 7.65. The molecule has 5 atom stereocenters. The molecule has 4 heteroatoms. The van der Waals surface area contributed by atoms with E-state index in [0.717, 1.165) is 5.56 Å². The van der Waals surface area contributed by atoms with Gasteiger partial charge in [0.25, 0.3) is 0 Å². The highest BCUT2D eigenvalue weighted by Crippen LogP contribution is 2.58. The fourth-order valence-corrected chi connectivity index (χ4v) is 2.65. The molecule has 0 radical (unpaired) electrons. The quantitative estimate of drug-likeness (QED) is 0.606. The second kappa shape index (κ2) is 3.28. The Kier molecular flexibility index (Phi) is 2.09. The van der Waals surface area contributed by atoms with E-state index >= 15 is 0 Å². The molecule has 86 valence electrons. The molecule has 4 unspecified atom stereocenters. The van der Waals surface area contributed by atoms with Crippen LogP contribution in [0.15, 0.2) is 30.3 Å². The summed E-state index contributed by atoms with van der Waals surface area (Å²) in [5.74, 6) is -0.235. The molecule has 1 aromatic rings. The Balaban J connectivity index is 1.91. The van der Waals surface area contributed by atoms with Crippen LogP contribution in [0, 0.1) is 0 Å². The Morgan fingerprint density at radius 1 is 1.19 bits per heavy atom. The van der Waals surface area contributed by atoms with Gasteiger partial charge in [0.15, 0.2) is 0 Å². The van der Waals surface area contributed by atoms with Gasteiger partial charge in [-0.1, -0.05) is 30.3 Å². The molecule has 0 aromatic heterocycles. The number of aliphatic hydroxyl groups is 3. The van der Waals surface area contributed by atoms with Crippen LogP contribution in [0.4, 0.5) is 0 Å². The van der Waals surface area contributed by atoms with Crippen LogP contribution in [0.3, 0.4) is 0 Å². The van der Waals surface area contributed by atoms with E-state index in [1.54, 1.807) is 0 Å². The topological polar surface area (TPSA) is 69.9 Å². The van der Waals surface area contributed by atoms with Crippen molar-refractivity contribution in [3.63, 3.8) is 0 Å². The van der Waals surface area contributed by atoms with E-state index in [4.69, 9.17) is 4.74 Å². The molecule has 2 aliphatic rings. The van der Waals surface area contributed by atoms with Gasteiger partial charge in [-0.15, -0.1) is 0 Å². The molecule has 0 spiro atoms. The van der Waals surface area contributed by atoms with E-state index in [1.807, 2.05) is 30.3 Å². The van der Waals surface area contributed by atoms with Crippen LogP contribution in [0.25, 0.3) is 0 Å². The van der Waals surface area contributed by atoms with Crippen molar-refractivity contribution < 1.29 is 20.1 Å². The second-order valence-corrected chi connectivity index (χ2v) is 4.54. The van der Waals surface area contributed by atoms with Crippen LogP contribution in [-0.4, -0.2) is 45.8 Å². The summed E-state index contributed by atoms with van der Waals surface area (Å²) in [5.41, 5.74) is -0.387. The van der Waals surface area contributed by atoms with Crippen molar-refractivity contribution in [1.82, 2.24) is 0 Å². The fraction of sp³-hybridized carbons (Fsp3) is 0.500. The number of ether oxygens (including phenoxy) is 1. The summed E-state index contributed by atoms with van der Waals surface area (Å²) in [5, 5.41) is 29.5. The minimum atomic E-state index is -1.32. The lowest BCUT2D eigenvalue weighted by Crippen LogP contribution is -2.48. The van der Waals surface area contributed by atoms with E-state index < -0.39 is 23.9 Å². The van der Waals surface area contributed by atoms with Crippen molar-refractivity contribution >= 4 is 0 Å². The van der Waals surface area contributed by atoms with Crippen LogP contribution in [0.5, 0.6) is 0 Å². The number of fused-ring (bicyclic) bond motifs is 1. The summed E-state index contributed by atoms with van der Waals surface area (Å²) in [6.07, 6.45) is -2.53. The number of rotatable bonds is 1. The van der Waals surface area contributed by atoms with Gasteiger partial charge in [0, 0.05) is 5.92 Å². The van der Waals surface area contributed by atoms with Gasteiger partial charge in [-0.2, -0.15) is 0 Å². The summed E-state index contributed by atoms with van der Waals surface area (Å²) >= 11 is 0. The Bertz CT molecular complexity index is 393. The maximum absolute atomic E-state index is 10.3. The van der Waals surface area contributed by atoms with E-state index in [0.29, 0.717) is 0 Å². The molecule has 3 N–H and O–H groups in total. The highest BCUT2D eigenvalue weighted by atomic mass is 16.5. The van der Waals surface area contributed by atoms with Gasteiger partial charge in [-0.3, -0.25) is 0 Å². The Labute approximate surface area is 93.1 Å². The molecular weight excluding hydrogens is 208 g/mol. The maximum Gasteiger partial charge on any atom is 0.129 e. The predicted molar refractivity (Wildman–Crippen MR) is 55.9 cm³/mol. The summed E-state index contributed by atoms with van der Waals surface area (Å²) in [4.78, 5) is 0. The molecule has 0 bridgehead atoms. The van der Waals surface area contributed by atoms with Gasteiger partial charge in [-0.25, -0.2) is 0 Å². The van der Waals surface area contributed by atoms with Gasteiger partial charge in [-0.05, 0) is 5.56 Å². The van der Waals surface area contributed by atoms with E-state index in [-0.39, 0.29) is 12.5 Å². The molecule has 1 aromatic carbocycles. The average Bonchev–Trinajstić information content (AvgIpc) is 2.93. The molecule has 1 saturated carbocycles. The third kappa shape index (κ3) is 1.18. The molecule has 1 heterocycles. The highest BCUT2D eigenvalue weighted by Gasteiger charge is 2.73. The van der Waals surface area contributed by atoms with Crippen LogP contribution in [0.2, 0.25) is 0 Å². The monoisotopic (exact) mass is 222 g/mol. The molecule has 1 saturated heterocycles. The maximum atomic E-state index is 10.3. The molecule has 4 nitrogen and oxygen atoms in total. The minimum Gasteiger partial charge on any atom is -0.388 e.